The number of aromatic nitrogens is 3. The van der Waals surface area contributed by atoms with Crippen molar-refractivity contribution in [2.45, 2.75) is 0 Å². The summed E-state index contributed by atoms with van der Waals surface area (Å²) in [5, 5.41) is 37.7. The van der Waals surface area contributed by atoms with E-state index in [4.69, 9.17) is 15.2 Å². The average molecular weight is 647 g/mol. The number of carboxylic acids is 2. The zero-order valence-electron chi connectivity index (χ0n) is 23.4. The van der Waals surface area contributed by atoms with Gasteiger partial charge in [-0.05, 0) is 107 Å². The van der Waals surface area contributed by atoms with Gasteiger partial charge in [-0.3, -0.25) is 9.97 Å². The first-order valence-corrected chi connectivity index (χ1v) is 13.2. The molecular formula is C35H25CuN3O6. The molecule has 0 aliphatic rings. The van der Waals surface area contributed by atoms with Crippen molar-refractivity contribution in [3.05, 3.63) is 151 Å². The van der Waals surface area contributed by atoms with Gasteiger partial charge in [0.15, 0.2) is 0 Å². The van der Waals surface area contributed by atoms with Crippen molar-refractivity contribution in [3.8, 4) is 45.4 Å². The Labute approximate surface area is 269 Å². The Balaban J connectivity index is 0.000000218. The van der Waals surface area contributed by atoms with Crippen molar-refractivity contribution in [3.63, 3.8) is 0 Å². The second kappa shape index (κ2) is 16.7. The number of nitrogens with zero attached hydrogens (tertiary/aromatic N) is 3. The van der Waals surface area contributed by atoms with E-state index in [2.05, 4.69) is 34.2 Å². The molecule has 227 valence electrons. The molecule has 0 unspecified atom stereocenters. The van der Waals surface area contributed by atoms with E-state index < -0.39 is 11.9 Å². The van der Waals surface area contributed by atoms with E-state index in [0.29, 0.717) is 0 Å². The molecule has 2 N–H and O–H groups in total. The van der Waals surface area contributed by atoms with Crippen molar-refractivity contribution in [1.29, 1.82) is 0 Å². The van der Waals surface area contributed by atoms with E-state index in [0.717, 1.165) is 33.9 Å². The fourth-order valence-corrected chi connectivity index (χ4v) is 3.81. The number of hydrogen-bond donors (Lipinski definition) is 2. The molecule has 9 nitrogen and oxygen atoms in total. The Bertz CT molecular complexity index is 1610. The van der Waals surface area contributed by atoms with Crippen molar-refractivity contribution in [2.24, 2.45) is 0 Å². The summed E-state index contributed by atoms with van der Waals surface area (Å²) in [6.07, 6.45) is 3.57. The maximum atomic E-state index is 10.1. The van der Waals surface area contributed by atoms with E-state index in [-0.39, 0.29) is 39.7 Å². The first-order chi connectivity index (χ1) is 21.3. The summed E-state index contributed by atoms with van der Waals surface area (Å²) >= 11 is 0. The summed E-state index contributed by atoms with van der Waals surface area (Å²) in [6.45, 7) is 0. The first-order valence-electron chi connectivity index (χ1n) is 13.2. The minimum atomic E-state index is -1.24. The van der Waals surface area contributed by atoms with Gasteiger partial charge < -0.3 is 30.0 Å². The third-order valence-corrected chi connectivity index (χ3v) is 5.99. The number of phenolic OH excluding ortho intramolecular Hbond substituents is 2. The van der Waals surface area contributed by atoms with Crippen molar-refractivity contribution in [2.75, 3.05) is 0 Å². The van der Waals surface area contributed by atoms with E-state index in [1.54, 1.807) is 12.4 Å². The van der Waals surface area contributed by atoms with Gasteiger partial charge in [-0.25, -0.2) is 4.98 Å². The van der Waals surface area contributed by atoms with Crippen LogP contribution in [0.25, 0.3) is 33.9 Å². The molecule has 1 radical (unpaired) electrons. The summed E-state index contributed by atoms with van der Waals surface area (Å²) in [7, 11) is 0. The van der Waals surface area contributed by atoms with Crippen LogP contribution in [0, 0.1) is 0 Å². The minimum absolute atomic E-state index is 0. The molecule has 3 aromatic heterocycles. The molecule has 0 bridgehead atoms. The van der Waals surface area contributed by atoms with Crippen LogP contribution in [0.5, 0.6) is 11.5 Å². The summed E-state index contributed by atoms with van der Waals surface area (Å²) < 4.78 is 0. The number of carbonyl (C=O) groups excluding carboxylic acids is 2. The smallest absolute Gasteiger partial charge is 0.545 e. The van der Waals surface area contributed by atoms with E-state index in [9.17, 15) is 19.8 Å². The number of benzene rings is 3. The molecule has 0 amide bonds. The van der Waals surface area contributed by atoms with Gasteiger partial charge >= 0.3 is 17.1 Å². The molecule has 0 atom stereocenters. The molecular weight excluding hydrogens is 622 g/mol. The molecule has 3 heterocycles. The van der Waals surface area contributed by atoms with E-state index in [1.807, 2.05) is 54.6 Å². The van der Waals surface area contributed by atoms with Gasteiger partial charge in [0.2, 0.25) is 0 Å². The molecule has 0 saturated carbocycles. The van der Waals surface area contributed by atoms with Gasteiger partial charge in [-0.15, -0.1) is 0 Å². The van der Waals surface area contributed by atoms with Gasteiger partial charge in [0.1, 0.15) is 11.5 Å². The Morgan fingerprint density at radius 1 is 0.489 bits per heavy atom. The van der Waals surface area contributed by atoms with E-state index in [1.165, 1.54) is 48.5 Å². The number of carboxylic acid groups (broad SMARTS) is 2. The number of pyridine rings is 3. The van der Waals surface area contributed by atoms with Gasteiger partial charge in [0.25, 0.3) is 0 Å². The number of rotatable bonds is 5. The fourth-order valence-electron chi connectivity index (χ4n) is 3.81. The Morgan fingerprint density at radius 3 is 1.24 bits per heavy atom. The number of aromatic carboxylic acids is 2. The van der Waals surface area contributed by atoms with Gasteiger partial charge in [0, 0.05) is 12.4 Å². The van der Waals surface area contributed by atoms with E-state index >= 15 is 0 Å². The van der Waals surface area contributed by atoms with Crippen LogP contribution in [0.3, 0.4) is 0 Å². The summed E-state index contributed by atoms with van der Waals surface area (Å²) in [5.74, 6) is -2.38. The fraction of sp³-hybridized carbons (Fsp3) is 0. The monoisotopic (exact) mass is 646 g/mol. The third-order valence-electron chi connectivity index (χ3n) is 5.99. The molecule has 0 aliphatic carbocycles. The van der Waals surface area contributed by atoms with Crippen LogP contribution in [-0.2, 0) is 17.1 Å². The average Bonchev–Trinajstić information content (AvgIpc) is 3.07. The van der Waals surface area contributed by atoms with Crippen LogP contribution >= 0.6 is 0 Å². The Kier molecular flexibility index (Phi) is 12.5. The second-order valence-electron chi connectivity index (χ2n) is 9.09. The van der Waals surface area contributed by atoms with Crippen LogP contribution in [0.4, 0.5) is 0 Å². The number of carbonyl (C=O) groups is 2. The summed E-state index contributed by atoms with van der Waals surface area (Å²) in [5.41, 5.74) is 5.78. The van der Waals surface area contributed by atoms with Crippen molar-refractivity contribution in [1.82, 2.24) is 15.0 Å². The largest absolute Gasteiger partial charge is 2.00 e. The minimum Gasteiger partial charge on any atom is -0.545 e. The van der Waals surface area contributed by atoms with Crippen LogP contribution in [-0.4, -0.2) is 37.1 Å². The second-order valence-corrected chi connectivity index (χ2v) is 9.09. The first kappa shape index (κ1) is 33.7. The van der Waals surface area contributed by atoms with Crippen LogP contribution in [0.15, 0.2) is 140 Å². The number of phenols is 2. The predicted octanol–water partition coefficient (Wildman–Crippen LogP) is 4.38. The Morgan fingerprint density at radius 2 is 0.889 bits per heavy atom. The SMILES string of the molecule is O=C([O-])c1ccc(O)cc1.O=C([O-])c1ccc(O)cc1.[Cu+2].c1ccc(-c2cc(-c3ccccn3)nc(-c3ccccn3)c2)cc1. The molecule has 0 spiro atoms. The van der Waals surface area contributed by atoms with Crippen molar-refractivity contribution >= 4 is 11.9 Å². The molecule has 10 heteroatoms. The molecule has 6 rings (SSSR count). The molecule has 3 aromatic carbocycles. The van der Waals surface area contributed by atoms with Crippen LogP contribution in [0.2, 0.25) is 0 Å². The summed E-state index contributed by atoms with van der Waals surface area (Å²) in [4.78, 5) is 33.9. The number of hydrogen-bond acceptors (Lipinski definition) is 9. The van der Waals surface area contributed by atoms with Gasteiger partial charge in [-0.1, -0.05) is 42.5 Å². The topological polar surface area (TPSA) is 159 Å². The quantitative estimate of drug-likeness (QED) is 0.259. The molecule has 0 fully saturated rings. The molecule has 0 aliphatic heterocycles. The van der Waals surface area contributed by atoms with Crippen LogP contribution in [0.1, 0.15) is 20.7 Å². The maximum absolute atomic E-state index is 10.1. The zero-order valence-corrected chi connectivity index (χ0v) is 24.4. The van der Waals surface area contributed by atoms with Gasteiger partial charge in [0.05, 0.1) is 34.7 Å². The normalized spacial score (nSPS) is 9.69. The summed E-state index contributed by atoms with van der Waals surface area (Å²) in [6, 6.07) is 36.5. The van der Waals surface area contributed by atoms with Crippen LogP contribution < -0.4 is 10.2 Å². The third kappa shape index (κ3) is 10.1. The predicted molar refractivity (Wildman–Crippen MR) is 161 cm³/mol. The zero-order chi connectivity index (χ0) is 31.3. The molecule has 0 saturated heterocycles. The number of aromatic hydroxyl groups is 2. The maximum Gasteiger partial charge on any atom is 2.00 e. The molecule has 6 aromatic rings. The Hall–Kier alpha value is -5.83. The van der Waals surface area contributed by atoms with Crippen molar-refractivity contribution < 1.29 is 47.1 Å². The standard InChI is InChI=1S/C21H15N3.2C7H6O3.Cu/c1-2-8-16(9-3-1)17-14-20(18-10-4-6-12-22-18)24-21(15-17)19-11-5-7-13-23-19;2*8-6-3-1-5(2-4-6)7(9)10;/h1-15H;2*1-4,8H,(H,9,10);/q;;;+2/p-2. The van der Waals surface area contributed by atoms with Gasteiger partial charge in [-0.2, -0.15) is 0 Å². The molecule has 45 heavy (non-hydrogen) atoms.